The van der Waals surface area contributed by atoms with Crippen LogP contribution in [0.2, 0.25) is 0 Å². The zero-order valence-electron chi connectivity index (χ0n) is 10.2. The molecule has 0 bridgehead atoms. The molecule has 0 radical (unpaired) electrons. The maximum Gasteiger partial charge on any atom is 0.239 e. The van der Waals surface area contributed by atoms with E-state index in [2.05, 4.69) is 4.90 Å². The summed E-state index contributed by atoms with van der Waals surface area (Å²) in [5.41, 5.74) is 5.77. The van der Waals surface area contributed by atoms with Gasteiger partial charge in [0.25, 0.3) is 0 Å². The molecule has 1 heterocycles. The standard InChI is InChI=1S/C12H23N3O/c1-2-11(13)12(16)15-7-5-14(6-8-15)9-10-3-4-10/h10-11H,2-9,13H2,1H3/t11-/m0/s1. The summed E-state index contributed by atoms with van der Waals surface area (Å²) in [6.45, 7) is 6.98. The summed E-state index contributed by atoms with van der Waals surface area (Å²) < 4.78 is 0. The van der Waals surface area contributed by atoms with Gasteiger partial charge in [0, 0.05) is 32.7 Å². The minimum Gasteiger partial charge on any atom is -0.339 e. The van der Waals surface area contributed by atoms with E-state index in [1.165, 1.54) is 19.4 Å². The maximum absolute atomic E-state index is 11.9. The van der Waals surface area contributed by atoms with Crippen LogP contribution in [0.3, 0.4) is 0 Å². The van der Waals surface area contributed by atoms with Crippen LogP contribution in [0.5, 0.6) is 0 Å². The summed E-state index contributed by atoms with van der Waals surface area (Å²) in [6, 6.07) is -0.296. The quantitative estimate of drug-likeness (QED) is 0.747. The van der Waals surface area contributed by atoms with Crippen LogP contribution in [0.25, 0.3) is 0 Å². The van der Waals surface area contributed by atoms with Crippen molar-refractivity contribution >= 4 is 5.91 Å². The number of piperazine rings is 1. The highest BCUT2D eigenvalue weighted by atomic mass is 16.2. The predicted molar refractivity (Wildman–Crippen MR) is 64.0 cm³/mol. The minimum absolute atomic E-state index is 0.133. The Labute approximate surface area is 97.8 Å². The zero-order valence-corrected chi connectivity index (χ0v) is 10.2. The van der Waals surface area contributed by atoms with Gasteiger partial charge in [-0.15, -0.1) is 0 Å². The van der Waals surface area contributed by atoms with Crippen molar-refractivity contribution < 1.29 is 4.79 Å². The van der Waals surface area contributed by atoms with Gasteiger partial charge in [-0.1, -0.05) is 6.92 Å². The highest BCUT2D eigenvalue weighted by molar-refractivity contribution is 5.81. The first-order valence-electron chi connectivity index (χ1n) is 6.47. The van der Waals surface area contributed by atoms with E-state index >= 15 is 0 Å². The summed E-state index contributed by atoms with van der Waals surface area (Å²) in [6.07, 6.45) is 3.54. The topological polar surface area (TPSA) is 49.6 Å². The molecule has 2 rings (SSSR count). The zero-order chi connectivity index (χ0) is 11.5. The van der Waals surface area contributed by atoms with Crippen LogP contribution >= 0.6 is 0 Å². The second-order valence-electron chi connectivity index (χ2n) is 5.08. The number of hydrogen-bond acceptors (Lipinski definition) is 3. The first-order valence-corrected chi connectivity index (χ1v) is 6.47. The van der Waals surface area contributed by atoms with Gasteiger partial charge in [0.15, 0.2) is 0 Å². The molecule has 1 saturated heterocycles. The molecule has 2 aliphatic rings. The molecule has 1 atom stereocenters. The van der Waals surface area contributed by atoms with E-state index in [0.29, 0.717) is 0 Å². The fourth-order valence-corrected chi connectivity index (χ4v) is 2.23. The number of carbonyl (C=O) groups excluding carboxylic acids is 1. The van der Waals surface area contributed by atoms with Crippen molar-refractivity contribution in [3.05, 3.63) is 0 Å². The minimum atomic E-state index is -0.296. The van der Waals surface area contributed by atoms with Crippen LogP contribution in [0.4, 0.5) is 0 Å². The lowest BCUT2D eigenvalue weighted by Crippen LogP contribution is -2.53. The molecule has 1 aliphatic carbocycles. The molecule has 2 fully saturated rings. The smallest absolute Gasteiger partial charge is 0.239 e. The largest absolute Gasteiger partial charge is 0.339 e. The monoisotopic (exact) mass is 225 g/mol. The fraction of sp³-hybridized carbons (Fsp3) is 0.917. The highest BCUT2D eigenvalue weighted by Crippen LogP contribution is 2.29. The predicted octanol–water partition coefficient (Wildman–Crippen LogP) is 0.278. The molecule has 0 aromatic carbocycles. The maximum atomic E-state index is 11.9. The van der Waals surface area contributed by atoms with Gasteiger partial charge < -0.3 is 10.6 Å². The van der Waals surface area contributed by atoms with Crippen LogP contribution in [0.15, 0.2) is 0 Å². The molecular formula is C12H23N3O. The summed E-state index contributed by atoms with van der Waals surface area (Å²) in [5.74, 6) is 1.08. The molecule has 16 heavy (non-hydrogen) atoms. The van der Waals surface area contributed by atoms with Crippen LogP contribution in [-0.4, -0.2) is 54.5 Å². The Balaban J connectivity index is 1.73. The van der Waals surface area contributed by atoms with Gasteiger partial charge in [0.1, 0.15) is 0 Å². The third-order valence-electron chi connectivity index (χ3n) is 3.65. The second-order valence-corrected chi connectivity index (χ2v) is 5.08. The van der Waals surface area contributed by atoms with Crippen LogP contribution in [0.1, 0.15) is 26.2 Å². The van der Waals surface area contributed by atoms with E-state index in [-0.39, 0.29) is 11.9 Å². The summed E-state index contributed by atoms with van der Waals surface area (Å²) >= 11 is 0. The van der Waals surface area contributed by atoms with E-state index in [4.69, 9.17) is 5.73 Å². The molecule has 1 saturated carbocycles. The van der Waals surface area contributed by atoms with E-state index in [1.54, 1.807) is 0 Å². The molecule has 92 valence electrons. The number of hydrogen-bond donors (Lipinski definition) is 1. The summed E-state index contributed by atoms with van der Waals surface area (Å²) in [7, 11) is 0. The van der Waals surface area contributed by atoms with Crippen LogP contribution in [0, 0.1) is 5.92 Å². The summed E-state index contributed by atoms with van der Waals surface area (Å²) in [4.78, 5) is 16.3. The molecule has 4 nitrogen and oxygen atoms in total. The first kappa shape index (κ1) is 11.9. The summed E-state index contributed by atoms with van der Waals surface area (Å²) in [5, 5.41) is 0. The Hall–Kier alpha value is -0.610. The van der Waals surface area contributed by atoms with E-state index in [1.807, 2.05) is 11.8 Å². The van der Waals surface area contributed by atoms with Crippen LogP contribution < -0.4 is 5.73 Å². The molecule has 0 aromatic rings. The first-order chi connectivity index (χ1) is 7.70. The molecule has 1 aliphatic heterocycles. The molecule has 0 unspecified atom stereocenters. The third-order valence-corrected chi connectivity index (χ3v) is 3.65. The van der Waals surface area contributed by atoms with Gasteiger partial charge in [0.05, 0.1) is 6.04 Å². The van der Waals surface area contributed by atoms with Crippen molar-refractivity contribution in [3.63, 3.8) is 0 Å². The number of nitrogens with zero attached hydrogens (tertiary/aromatic N) is 2. The Bertz CT molecular complexity index is 245. The molecule has 0 aromatic heterocycles. The Kier molecular flexibility index (Phi) is 3.82. The molecule has 2 N–H and O–H groups in total. The van der Waals surface area contributed by atoms with Crippen LogP contribution in [-0.2, 0) is 4.79 Å². The van der Waals surface area contributed by atoms with Gasteiger partial charge in [-0.05, 0) is 25.2 Å². The van der Waals surface area contributed by atoms with Crippen molar-refractivity contribution in [1.29, 1.82) is 0 Å². The van der Waals surface area contributed by atoms with Crippen molar-refractivity contribution in [3.8, 4) is 0 Å². The molecule has 4 heteroatoms. The molecule has 0 spiro atoms. The molecular weight excluding hydrogens is 202 g/mol. The van der Waals surface area contributed by atoms with Gasteiger partial charge in [-0.3, -0.25) is 9.69 Å². The lowest BCUT2D eigenvalue weighted by Gasteiger charge is -2.35. The van der Waals surface area contributed by atoms with Crippen molar-refractivity contribution in [2.75, 3.05) is 32.7 Å². The van der Waals surface area contributed by atoms with E-state index in [0.717, 1.165) is 38.5 Å². The highest BCUT2D eigenvalue weighted by Gasteiger charge is 2.28. The van der Waals surface area contributed by atoms with Crippen molar-refractivity contribution in [2.24, 2.45) is 11.7 Å². The van der Waals surface area contributed by atoms with Gasteiger partial charge >= 0.3 is 0 Å². The van der Waals surface area contributed by atoms with Gasteiger partial charge in [-0.2, -0.15) is 0 Å². The number of carbonyl (C=O) groups is 1. The second kappa shape index (κ2) is 5.15. The number of amides is 1. The average molecular weight is 225 g/mol. The third kappa shape index (κ3) is 2.95. The SMILES string of the molecule is CC[C@H](N)C(=O)N1CCN(CC2CC2)CC1. The number of nitrogens with two attached hydrogens (primary N) is 1. The van der Waals surface area contributed by atoms with E-state index < -0.39 is 0 Å². The normalized spacial score (nSPS) is 24.5. The Morgan fingerprint density at radius 3 is 2.44 bits per heavy atom. The van der Waals surface area contributed by atoms with Crippen molar-refractivity contribution in [2.45, 2.75) is 32.2 Å². The van der Waals surface area contributed by atoms with E-state index in [9.17, 15) is 4.79 Å². The Morgan fingerprint density at radius 2 is 1.94 bits per heavy atom. The van der Waals surface area contributed by atoms with Gasteiger partial charge in [-0.25, -0.2) is 0 Å². The van der Waals surface area contributed by atoms with Gasteiger partial charge in [0.2, 0.25) is 5.91 Å². The van der Waals surface area contributed by atoms with Crippen molar-refractivity contribution in [1.82, 2.24) is 9.80 Å². The Morgan fingerprint density at radius 1 is 1.31 bits per heavy atom. The fourth-order valence-electron chi connectivity index (χ4n) is 2.23. The number of rotatable bonds is 4. The average Bonchev–Trinajstić information content (AvgIpc) is 3.12. The lowest BCUT2D eigenvalue weighted by molar-refractivity contribution is -0.134. The molecule has 1 amide bonds. The lowest BCUT2D eigenvalue weighted by atomic mass is 10.2.